The minimum Gasteiger partial charge on any atom is -0.368 e. The fourth-order valence-electron chi connectivity index (χ4n) is 4.50. The molecular weight excluding hydrogens is 276 g/mol. The van der Waals surface area contributed by atoms with Gasteiger partial charge in [-0.25, -0.2) is 0 Å². The Balaban J connectivity index is 1.49. The van der Waals surface area contributed by atoms with Crippen LogP contribution in [0.4, 0.5) is 17.6 Å². The zero-order chi connectivity index (χ0) is 15.1. The molecule has 1 aliphatic heterocycles. The van der Waals surface area contributed by atoms with Crippen LogP contribution in [0.2, 0.25) is 0 Å². The van der Waals surface area contributed by atoms with Gasteiger partial charge in [0.2, 0.25) is 5.95 Å². The minimum atomic E-state index is 0.371. The summed E-state index contributed by atoms with van der Waals surface area (Å²) in [7, 11) is 2.02. The van der Waals surface area contributed by atoms with Gasteiger partial charge in [0.15, 0.2) is 0 Å². The van der Waals surface area contributed by atoms with Gasteiger partial charge in [0.1, 0.15) is 11.6 Å². The Kier molecular flexibility index (Phi) is 3.56. The molecule has 3 aliphatic rings. The lowest BCUT2D eigenvalue weighted by molar-refractivity contribution is 0.439. The van der Waals surface area contributed by atoms with Crippen LogP contribution in [0.1, 0.15) is 32.1 Å². The van der Waals surface area contributed by atoms with Crippen LogP contribution in [0.5, 0.6) is 0 Å². The number of fused-ring (bicyclic) bond motifs is 2. The number of hydrogen-bond acceptors (Lipinski definition) is 6. The standard InChI is InChI=1S/C16H26N6/c1-18-12-4-5-22(9-12)15-8-14(20-16(17)21-15)19-13-7-10-2-3-11(13)6-10/h8,10-13,18H,2-7,9H2,1H3,(H3,17,19,20,21)/t10?,11-,12-,13?/m1/s1. The van der Waals surface area contributed by atoms with Crippen molar-refractivity contribution in [1.82, 2.24) is 15.3 Å². The molecule has 2 unspecified atom stereocenters. The Bertz CT molecular complexity index is 547. The number of nitrogens with two attached hydrogens (primary N) is 1. The van der Waals surface area contributed by atoms with E-state index in [4.69, 9.17) is 5.73 Å². The molecular formula is C16H26N6. The average molecular weight is 302 g/mol. The Labute approximate surface area is 131 Å². The molecule has 0 amide bonds. The number of nitrogens with one attached hydrogen (secondary N) is 2. The molecule has 6 nitrogen and oxygen atoms in total. The molecule has 2 aliphatic carbocycles. The van der Waals surface area contributed by atoms with Gasteiger partial charge in [-0.15, -0.1) is 0 Å². The normalized spacial score (nSPS) is 33.6. The molecule has 22 heavy (non-hydrogen) atoms. The van der Waals surface area contributed by atoms with Gasteiger partial charge in [-0.1, -0.05) is 6.42 Å². The van der Waals surface area contributed by atoms with E-state index in [1.807, 2.05) is 7.05 Å². The van der Waals surface area contributed by atoms with Crippen molar-refractivity contribution in [2.45, 2.75) is 44.2 Å². The summed E-state index contributed by atoms with van der Waals surface area (Å²) in [4.78, 5) is 11.1. The molecule has 1 aromatic heterocycles. The van der Waals surface area contributed by atoms with Crippen LogP contribution in [0.25, 0.3) is 0 Å². The molecule has 0 spiro atoms. The summed E-state index contributed by atoms with van der Waals surface area (Å²) in [5.41, 5.74) is 5.94. The molecule has 4 atom stereocenters. The molecule has 2 saturated carbocycles. The maximum atomic E-state index is 5.94. The van der Waals surface area contributed by atoms with Gasteiger partial charge in [-0.2, -0.15) is 9.97 Å². The number of rotatable bonds is 4. The SMILES string of the molecule is CN[C@@H]1CCN(c2cc(NC3CC4CC[C@@H]3C4)nc(N)n2)C1. The lowest BCUT2D eigenvalue weighted by atomic mass is 9.95. The molecule has 2 bridgehead atoms. The maximum Gasteiger partial charge on any atom is 0.223 e. The third-order valence-electron chi connectivity index (χ3n) is 5.72. The van der Waals surface area contributed by atoms with Crippen molar-refractivity contribution in [2.75, 3.05) is 36.1 Å². The van der Waals surface area contributed by atoms with Crippen LogP contribution < -0.4 is 21.3 Å². The molecule has 4 N–H and O–H groups in total. The van der Waals surface area contributed by atoms with E-state index in [2.05, 4.69) is 31.6 Å². The molecule has 120 valence electrons. The van der Waals surface area contributed by atoms with Crippen molar-refractivity contribution in [2.24, 2.45) is 11.8 Å². The molecule has 1 saturated heterocycles. The van der Waals surface area contributed by atoms with E-state index in [9.17, 15) is 0 Å². The third kappa shape index (κ3) is 2.60. The lowest BCUT2D eigenvalue weighted by Gasteiger charge is -2.24. The van der Waals surface area contributed by atoms with Crippen molar-refractivity contribution in [3.8, 4) is 0 Å². The highest BCUT2D eigenvalue weighted by molar-refractivity contribution is 5.54. The van der Waals surface area contributed by atoms with E-state index in [1.54, 1.807) is 0 Å². The first kappa shape index (κ1) is 14.1. The molecule has 1 aromatic rings. The summed E-state index contributed by atoms with van der Waals surface area (Å²) in [5.74, 6) is 3.97. The van der Waals surface area contributed by atoms with E-state index in [0.717, 1.165) is 43.0 Å². The van der Waals surface area contributed by atoms with Gasteiger partial charge < -0.3 is 21.3 Å². The summed E-state index contributed by atoms with van der Waals surface area (Å²) < 4.78 is 0. The fourth-order valence-corrected chi connectivity index (χ4v) is 4.50. The van der Waals surface area contributed by atoms with E-state index in [1.165, 1.54) is 25.7 Å². The first-order valence-corrected chi connectivity index (χ1v) is 8.54. The van der Waals surface area contributed by atoms with Gasteiger partial charge in [-0.05, 0) is 44.6 Å². The van der Waals surface area contributed by atoms with E-state index >= 15 is 0 Å². The number of nitrogen functional groups attached to an aromatic ring is 1. The van der Waals surface area contributed by atoms with Gasteiger partial charge in [0.05, 0.1) is 0 Å². The third-order valence-corrected chi connectivity index (χ3v) is 5.72. The Morgan fingerprint density at radius 1 is 1.23 bits per heavy atom. The first-order chi connectivity index (χ1) is 10.7. The quantitative estimate of drug-likeness (QED) is 0.781. The zero-order valence-corrected chi connectivity index (χ0v) is 13.3. The number of anilines is 3. The number of aromatic nitrogens is 2. The average Bonchev–Trinajstić information content (AvgIpc) is 3.23. The molecule has 6 heteroatoms. The van der Waals surface area contributed by atoms with E-state index < -0.39 is 0 Å². The second-order valence-electron chi connectivity index (χ2n) is 7.12. The molecule has 2 heterocycles. The van der Waals surface area contributed by atoms with Crippen LogP contribution in [0, 0.1) is 11.8 Å². The highest BCUT2D eigenvalue weighted by Crippen LogP contribution is 2.45. The van der Waals surface area contributed by atoms with Crippen molar-refractivity contribution in [3.63, 3.8) is 0 Å². The largest absolute Gasteiger partial charge is 0.368 e. The Morgan fingerprint density at radius 2 is 2.14 bits per heavy atom. The molecule has 3 fully saturated rings. The van der Waals surface area contributed by atoms with Crippen LogP contribution >= 0.6 is 0 Å². The van der Waals surface area contributed by atoms with Crippen molar-refractivity contribution < 1.29 is 0 Å². The second kappa shape index (κ2) is 5.57. The van der Waals surface area contributed by atoms with Crippen LogP contribution in [-0.2, 0) is 0 Å². The monoisotopic (exact) mass is 302 g/mol. The smallest absolute Gasteiger partial charge is 0.223 e. The predicted molar refractivity (Wildman–Crippen MR) is 89.0 cm³/mol. The van der Waals surface area contributed by atoms with Gasteiger partial charge in [-0.3, -0.25) is 0 Å². The van der Waals surface area contributed by atoms with E-state index in [-0.39, 0.29) is 0 Å². The second-order valence-corrected chi connectivity index (χ2v) is 7.12. The van der Waals surface area contributed by atoms with Crippen LogP contribution in [-0.4, -0.2) is 42.2 Å². The van der Waals surface area contributed by atoms with Gasteiger partial charge in [0.25, 0.3) is 0 Å². The Morgan fingerprint density at radius 3 is 2.82 bits per heavy atom. The first-order valence-electron chi connectivity index (χ1n) is 8.54. The lowest BCUT2D eigenvalue weighted by Crippen LogP contribution is -2.30. The molecule has 4 rings (SSSR count). The van der Waals surface area contributed by atoms with E-state index in [0.29, 0.717) is 18.0 Å². The topological polar surface area (TPSA) is 79.1 Å². The van der Waals surface area contributed by atoms with Crippen molar-refractivity contribution >= 4 is 17.6 Å². The minimum absolute atomic E-state index is 0.371. The zero-order valence-electron chi connectivity index (χ0n) is 13.3. The predicted octanol–water partition coefficient (Wildman–Crippen LogP) is 1.46. The highest BCUT2D eigenvalue weighted by atomic mass is 15.3. The molecule has 0 aromatic carbocycles. The highest BCUT2D eigenvalue weighted by Gasteiger charge is 2.39. The van der Waals surface area contributed by atoms with Crippen LogP contribution in [0.3, 0.4) is 0 Å². The number of hydrogen-bond donors (Lipinski definition) is 3. The fraction of sp³-hybridized carbons (Fsp3) is 0.750. The number of likely N-dealkylation sites (N-methyl/N-ethyl adjacent to an activating group) is 1. The number of nitrogens with zero attached hydrogens (tertiary/aromatic N) is 3. The van der Waals surface area contributed by atoms with Crippen molar-refractivity contribution in [1.29, 1.82) is 0 Å². The Hall–Kier alpha value is -1.56. The summed E-state index contributed by atoms with van der Waals surface area (Å²) in [6.07, 6.45) is 6.61. The summed E-state index contributed by atoms with van der Waals surface area (Å²) >= 11 is 0. The summed E-state index contributed by atoms with van der Waals surface area (Å²) in [5, 5.41) is 6.97. The maximum absolute atomic E-state index is 5.94. The van der Waals surface area contributed by atoms with Gasteiger partial charge >= 0.3 is 0 Å². The summed E-state index contributed by atoms with van der Waals surface area (Å²) in [6, 6.07) is 3.18. The van der Waals surface area contributed by atoms with Crippen LogP contribution in [0.15, 0.2) is 6.07 Å². The van der Waals surface area contributed by atoms with Gasteiger partial charge in [0, 0.05) is 31.2 Å². The molecule has 0 radical (unpaired) electrons. The van der Waals surface area contributed by atoms with Crippen molar-refractivity contribution in [3.05, 3.63) is 6.07 Å². The summed E-state index contributed by atoms with van der Waals surface area (Å²) in [6.45, 7) is 2.01.